The molecule has 2 N–H and O–H groups in total. The molecule has 1 aliphatic heterocycles. The Bertz CT molecular complexity index is 988. The molecule has 0 amide bonds. The maximum Gasteiger partial charge on any atom is 0.261 e. The Hall–Kier alpha value is -2.53. The van der Waals surface area contributed by atoms with Crippen LogP contribution in [0.25, 0.3) is 22.3 Å². The van der Waals surface area contributed by atoms with Gasteiger partial charge in [-0.05, 0) is 43.2 Å². The summed E-state index contributed by atoms with van der Waals surface area (Å²) >= 11 is 0. The van der Waals surface area contributed by atoms with Gasteiger partial charge in [0, 0.05) is 30.8 Å². The molecule has 1 atom stereocenters. The van der Waals surface area contributed by atoms with Gasteiger partial charge in [0.1, 0.15) is 5.82 Å². The van der Waals surface area contributed by atoms with Crippen LogP contribution in [0.2, 0.25) is 0 Å². The Labute approximate surface area is 133 Å². The number of rotatable bonds is 1. The SMILES string of the molecule is Cc1cc([C@@H](C)N)c2nc3n(c(=O)c2c1)CCc1ncccc1-3. The summed E-state index contributed by atoms with van der Waals surface area (Å²) in [6, 6.07) is 7.61. The number of fused-ring (bicyclic) bond motifs is 4. The maximum atomic E-state index is 13.0. The minimum atomic E-state index is -0.177. The van der Waals surface area contributed by atoms with Crippen molar-refractivity contribution in [2.45, 2.75) is 32.9 Å². The van der Waals surface area contributed by atoms with Crippen LogP contribution < -0.4 is 11.3 Å². The largest absolute Gasteiger partial charge is 0.324 e. The summed E-state index contributed by atoms with van der Waals surface area (Å²) < 4.78 is 1.76. The standard InChI is InChI=1S/C18H18N4O/c1-10-8-13(11(2)19)16-14(9-10)18(23)22-7-5-15-12(17(22)21-16)4-3-6-20-15/h3-4,6,8-9,11H,5,7,19H2,1-2H3/t11-/m1/s1. The average molecular weight is 306 g/mol. The first kappa shape index (κ1) is 14.1. The molecule has 0 fully saturated rings. The summed E-state index contributed by atoms with van der Waals surface area (Å²) in [5.41, 5.74) is 10.7. The fourth-order valence-electron chi connectivity index (χ4n) is 3.32. The van der Waals surface area contributed by atoms with Gasteiger partial charge in [-0.2, -0.15) is 0 Å². The van der Waals surface area contributed by atoms with E-state index in [1.54, 1.807) is 10.8 Å². The zero-order chi connectivity index (χ0) is 16.1. The molecular formula is C18H18N4O. The van der Waals surface area contributed by atoms with Crippen LogP contribution in [0.4, 0.5) is 0 Å². The van der Waals surface area contributed by atoms with Gasteiger partial charge in [-0.3, -0.25) is 14.3 Å². The Morgan fingerprint density at radius 1 is 1.35 bits per heavy atom. The smallest absolute Gasteiger partial charge is 0.261 e. The van der Waals surface area contributed by atoms with Crippen LogP contribution in [0, 0.1) is 6.92 Å². The molecule has 0 bridgehead atoms. The van der Waals surface area contributed by atoms with Gasteiger partial charge in [-0.15, -0.1) is 0 Å². The van der Waals surface area contributed by atoms with Crippen molar-refractivity contribution in [2.75, 3.05) is 0 Å². The van der Waals surface area contributed by atoms with Crippen molar-refractivity contribution in [2.24, 2.45) is 5.73 Å². The fourth-order valence-corrected chi connectivity index (χ4v) is 3.32. The lowest BCUT2D eigenvalue weighted by Gasteiger charge is -2.21. The molecule has 1 aromatic carbocycles. The van der Waals surface area contributed by atoms with Crippen molar-refractivity contribution in [3.63, 3.8) is 0 Å². The Morgan fingerprint density at radius 3 is 2.96 bits per heavy atom. The van der Waals surface area contributed by atoms with E-state index in [4.69, 9.17) is 10.7 Å². The number of hydrogen-bond donors (Lipinski definition) is 1. The van der Waals surface area contributed by atoms with E-state index in [1.165, 1.54) is 0 Å². The highest BCUT2D eigenvalue weighted by Gasteiger charge is 2.22. The van der Waals surface area contributed by atoms with Gasteiger partial charge in [0.2, 0.25) is 0 Å². The predicted molar refractivity (Wildman–Crippen MR) is 90.3 cm³/mol. The zero-order valence-corrected chi connectivity index (χ0v) is 13.2. The van der Waals surface area contributed by atoms with Crippen molar-refractivity contribution in [3.8, 4) is 11.4 Å². The van der Waals surface area contributed by atoms with Crippen LogP contribution in [0.1, 0.15) is 29.8 Å². The third-order valence-corrected chi connectivity index (χ3v) is 4.43. The van der Waals surface area contributed by atoms with E-state index < -0.39 is 0 Å². The van der Waals surface area contributed by atoms with Gasteiger partial charge in [0.25, 0.3) is 5.56 Å². The fraction of sp³-hybridized carbons (Fsp3) is 0.278. The van der Waals surface area contributed by atoms with Crippen molar-refractivity contribution in [1.29, 1.82) is 0 Å². The van der Waals surface area contributed by atoms with Crippen LogP contribution in [0.15, 0.2) is 35.3 Å². The lowest BCUT2D eigenvalue weighted by molar-refractivity contribution is 0.640. The second kappa shape index (κ2) is 4.99. The van der Waals surface area contributed by atoms with Crippen LogP contribution >= 0.6 is 0 Å². The van der Waals surface area contributed by atoms with E-state index in [2.05, 4.69) is 4.98 Å². The summed E-state index contributed by atoms with van der Waals surface area (Å²) in [4.78, 5) is 22.2. The number of aromatic nitrogens is 3. The first-order chi connectivity index (χ1) is 11.1. The van der Waals surface area contributed by atoms with E-state index in [1.807, 2.05) is 38.1 Å². The predicted octanol–water partition coefficient (Wildman–Crippen LogP) is 2.34. The van der Waals surface area contributed by atoms with Crippen molar-refractivity contribution >= 4 is 10.9 Å². The molecule has 5 heteroatoms. The molecule has 0 radical (unpaired) electrons. The minimum Gasteiger partial charge on any atom is -0.324 e. The lowest BCUT2D eigenvalue weighted by atomic mass is 10.0. The van der Waals surface area contributed by atoms with E-state index in [9.17, 15) is 4.79 Å². The van der Waals surface area contributed by atoms with E-state index in [0.29, 0.717) is 23.3 Å². The molecule has 5 nitrogen and oxygen atoms in total. The highest BCUT2D eigenvalue weighted by molar-refractivity contribution is 5.84. The van der Waals surface area contributed by atoms with Crippen LogP contribution in [-0.2, 0) is 13.0 Å². The van der Waals surface area contributed by atoms with Gasteiger partial charge in [-0.1, -0.05) is 6.07 Å². The molecule has 116 valence electrons. The van der Waals surface area contributed by atoms with Crippen LogP contribution in [0.5, 0.6) is 0 Å². The summed E-state index contributed by atoms with van der Waals surface area (Å²) in [6.07, 6.45) is 2.53. The molecule has 0 spiro atoms. The van der Waals surface area contributed by atoms with Gasteiger partial charge in [0.15, 0.2) is 0 Å². The lowest BCUT2D eigenvalue weighted by Crippen LogP contribution is -2.28. The van der Waals surface area contributed by atoms with E-state index in [-0.39, 0.29) is 11.6 Å². The zero-order valence-electron chi connectivity index (χ0n) is 13.2. The molecule has 3 aromatic rings. The number of nitrogens with two attached hydrogens (primary N) is 1. The van der Waals surface area contributed by atoms with E-state index >= 15 is 0 Å². The Morgan fingerprint density at radius 2 is 2.17 bits per heavy atom. The number of pyridine rings is 1. The number of hydrogen-bond acceptors (Lipinski definition) is 4. The quantitative estimate of drug-likeness (QED) is 0.749. The van der Waals surface area contributed by atoms with Crippen molar-refractivity contribution in [1.82, 2.24) is 14.5 Å². The highest BCUT2D eigenvalue weighted by Crippen LogP contribution is 2.28. The average Bonchev–Trinajstić information content (AvgIpc) is 2.55. The van der Waals surface area contributed by atoms with Crippen molar-refractivity contribution in [3.05, 3.63) is 57.6 Å². The Kier molecular flexibility index (Phi) is 3.06. The normalized spacial score (nSPS) is 14.4. The van der Waals surface area contributed by atoms with Crippen LogP contribution in [0.3, 0.4) is 0 Å². The molecule has 0 aliphatic carbocycles. The number of benzene rings is 1. The summed E-state index contributed by atoms with van der Waals surface area (Å²) in [5, 5.41) is 0.647. The van der Waals surface area contributed by atoms with Gasteiger partial charge >= 0.3 is 0 Å². The molecular weight excluding hydrogens is 288 g/mol. The first-order valence-electron chi connectivity index (χ1n) is 7.81. The van der Waals surface area contributed by atoms with E-state index in [0.717, 1.165) is 28.8 Å². The van der Waals surface area contributed by atoms with Gasteiger partial charge < -0.3 is 5.73 Å². The molecule has 4 rings (SSSR count). The highest BCUT2D eigenvalue weighted by atomic mass is 16.1. The van der Waals surface area contributed by atoms with Crippen molar-refractivity contribution < 1.29 is 0 Å². The summed E-state index contributed by atoms with van der Waals surface area (Å²) in [6.45, 7) is 4.51. The summed E-state index contributed by atoms with van der Waals surface area (Å²) in [7, 11) is 0. The van der Waals surface area contributed by atoms with Gasteiger partial charge in [-0.25, -0.2) is 4.98 Å². The Balaban J connectivity index is 2.14. The molecule has 0 saturated carbocycles. The third-order valence-electron chi connectivity index (χ3n) is 4.43. The molecule has 0 saturated heterocycles. The third kappa shape index (κ3) is 2.08. The molecule has 2 aromatic heterocycles. The number of nitrogens with zero attached hydrogens (tertiary/aromatic N) is 3. The monoisotopic (exact) mass is 306 g/mol. The van der Waals surface area contributed by atoms with Crippen LogP contribution in [-0.4, -0.2) is 14.5 Å². The summed E-state index contributed by atoms with van der Waals surface area (Å²) in [5.74, 6) is 0.697. The van der Waals surface area contributed by atoms with Gasteiger partial charge in [0.05, 0.1) is 16.6 Å². The molecule has 3 heterocycles. The molecule has 0 unspecified atom stereocenters. The molecule has 23 heavy (non-hydrogen) atoms. The topological polar surface area (TPSA) is 73.8 Å². The molecule has 1 aliphatic rings. The maximum absolute atomic E-state index is 13.0. The second-order valence-electron chi connectivity index (χ2n) is 6.18. The second-order valence-corrected chi connectivity index (χ2v) is 6.18. The minimum absolute atomic E-state index is 0.00473. The first-order valence-corrected chi connectivity index (χ1v) is 7.81. The number of aryl methyl sites for hydroxylation is 2.